The first-order valence-corrected chi connectivity index (χ1v) is 11.5. The molecule has 2 aromatic rings. The third kappa shape index (κ3) is 3.80. The summed E-state index contributed by atoms with van der Waals surface area (Å²) >= 11 is 8.48. The molecule has 0 N–H and O–H groups in total. The van der Waals surface area contributed by atoms with Gasteiger partial charge in [0.2, 0.25) is 0 Å². The fraction of sp³-hybridized carbons (Fsp3) is 0.455. The lowest BCUT2D eigenvalue weighted by Gasteiger charge is -2.32. The Hall–Kier alpha value is -1.92. The molecule has 5 nitrogen and oxygen atoms in total. The van der Waals surface area contributed by atoms with Crippen LogP contribution in [0.25, 0.3) is 0 Å². The summed E-state index contributed by atoms with van der Waals surface area (Å²) in [5.41, 5.74) is 2.05. The molecule has 4 rings (SSSR count). The van der Waals surface area contributed by atoms with Crippen molar-refractivity contribution in [2.24, 2.45) is 4.99 Å². The molecule has 1 saturated heterocycles. The van der Waals surface area contributed by atoms with Gasteiger partial charge in [0.1, 0.15) is 6.04 Å². The van der Waals surface area contributed by atoms with Crippen LogP contribution < -0.4 is 9.47 Å². The third-order valence-electron chi connectivity index (χ3n) is 5.29. The molecule has 29 heavy (non-hydrogen) atoms. The smallest absolute Gasteiger partial charge is 0.179 e. The lowest BCUT2D eigenvalue weighted by Crippen LogP contribution is -2.35. The van der Waals surface area contributed by atoms with Gasteiger partial charge in [-0.15, -0.1) is 0 Å². The minimum atomic E-state index is -0.0727. The molecule has 0 radical (unpaired) electrons. The van der Waals surface area contributed by atoms with Crippen molar-refractivity contribution in [3.05, 3.63) is 52.8 Å². The minimum Gasteiger partial charge on any atom is -0.490 e. The van der Waals surface area contributed by atoms with Crippen molar-refractivity contribution in [3.63, 3.8) is 0 Å². The number of benzene rings is 1. The topological polar surface area (TPSA) is 47.0 Å². The van der Waals surface area contributed by atoms with E-state index < -0.39 is 0 Å². The van der Waals surface area contributed by atoms with Gasteiger partial charge >= 0.3 is 0 Å². The predicted octanol–water partition coefficient (Wildman–Crippen LogP) is 5.51. The molecule has 2 aliphatic heterocycles. The fourth-order valence-electron chi connectivity index (χ4n) is 4.02. The fourth-order valence-corrected chi connectivity index (χ4v) is 5.63. The Balaban J connectivity index is 1.81. The second kappa shape index (κ2) is 8.84. The molecule has 0 unspecified atom stereocenters. The van der Waals surface area contributed by atoms with E-state index in [4.69, 9.17) is 26.1 Å². The van der Waals surface area contributed by atoms with Crippen LogP contribution in [0.4, 0.5) is 0 Å². The third-order valence-corrected chi connectivity index (χ3v) is 6.70. The lowest BCUT2D eigenvalue weighted by atomic mass is 9.95. The number of fused-ring (bicyclic) bond motifs is 1. The van der Waals surface area contributed by atoms with Gasteiger partial charge in [-0.1, -0.05) is 36.4 Å². The summed E-state index contributed by atoms with van der Waals surface area (Å²) in [6.07, 6.45) is 2.90. The number of hydrogen-bond donors (Lipinski definition) is 0. The predicted molar refractivity (Wildman–Crippen MR) is 119 cm³/mol. The van der Waals surface area contributed by atoms with Gasteiger partial charge in [0, 0.05) is 18.0 Å². The Kier molecular flexibility index (Phi) is 6.20. The van der Waals surface area contributed by atoms with E-state index in [0.29, 0.717) is 35.8 Å². The Labute approximate surface area is 181 Å². The number of halogens is 1. The molecular formula is C22H26ClN3O2S. The van der Waals surface area contributed by atoms with Gasteiger partial charge in [-0.3, -0.25) is 9.98 Å². The highest BCUT2D eigenvalue weighted by molar-refractivity contribution is 8.14. The van der Waals surface area contributed by atoms with E-state index in [1.807, 2.05) is 50.0 Å². The van der Waals surface area contributed by atoms with Crippen molar-refractivity contribution >= 4 is 28.5 Å². The second-order valence-corrected chi connectivity index (χ2v) is 8.43. The minimum absolute atomic E-state index is 0.0345. The zero-order valence-electron chi connectivity index (χ0n) is 17.0. The number of aromatic nitrogens is 1. The Bertz CT molecular complexity index is 893. The normalized spacial score (nSPS) is 23.1. The Morgan fingerprint density at radius 1 is 1.17 bits per heavy atom. The summed E-state index contributed by atoms with van der Waals surface area (Å²) in [5.74, 6) is 2.35. The molecular weight excluding hydrogens is 406 g/mol. The number of rotatable bonds is 7. The van der Waals surface area contributed by atoms with E-state index in [1.54, 1.807) is 0 Å². The number of aliphatic imine (C=N–C) groups is 1. The number of hydrogen-bond acceptors (Lipinski definition) is 6. The molecule has 0 spiro atoms. The van der Waals surface area contributed by atoms with E-state index in [0.717, 1.165) is 28.6 Å². The van der Waals surface area contributed by atoms with E-state index in [1.165, 1.54) is 0 Å². The summed E-state index contributed by atoms with van der Waals surface area (Å²) in [6, 6.07) is 10.5. The van der Waals surface area contributed by atoms with Gasteiger partial charge in [-0.05, 0) is 50.1 Å². The standard InChI is InChI=1S/C22H26ClN3O2S/c1-4-15-13-29-22-25-19(17-9-7-8-10-24-17)20(26(15)22)14-11-16(23)21(28-6-3)18(12-14)27-5-2/h7-12,15,19-20H,4-6,13H2,1-3H3/t15-,19+,20-/m1/s1. The number of ether oxygens (including phenoxy) is 2. The highest BCUT2D eigenvalue weighted by Gasteiger charge is 2.45. The highest BCUT2D eigenvalue weighted by atomic mass is 35.5. The van der Waals surface area contributed by atoms with Crippen molar-refractivity contribution in [1.29, 1.82) is 0 Å². The maximum Gasteiger partial charge on any atom is 0.179 e. The summed E-state index contributed by atoms with van der Waals surface area (Å²) in [7, 11) is 0. The number of amidine groups is 1. The van der Waals surface area contributed by atoms with Crippen LogP contribution >= 0.6 is 23.4 Å². The Morgan fingerprint density at radius 3 is 2.69 bits per heavy atom. The summed E-state index contributed by atoms with van der Waals surface area (Å²) in [5, 5.41) is 1.67. The van der Waals surface area contributed by atoms with Crippen LogP contribution in [0.3, 0.4) is 0 Å². The molecule has 1 aromatic carbocycles. The molecule has 0 aliphatic carbocycles. The van der Waals surface area contributed by atoms with Gasteiger partial charge in [-0.2, -0.15) is 0 Å². The Morgan fingerprint density at radius 2 is 2.00 bits per heavy atom. The zero-order valence-corrected chi connectivity index (χ0v) is 18.5. The monoisotopic (exact) mass is 431 g/mol. The van der Waals surface area contributed by atoms with Gasteiger partial charge in [0.05, 0.1) is 30.0 Å². The average molecular weight is 432 g/mol. The molecule has 7 heteroatoms. The molecule has 1 fully saturated rings. The first-order valence-electron chi connectivity index (χ1n) is 10.2. The average Bonchev–Trinajstić information content (AvgIpc) is 3.30. The van der Waals surface area contributed by atoms with Crippen LogP contribution in [-0.4, -0.2) is 40.1 Å². The van der Waals surface area contributed by atoms with Crippen LogP contribution in [0, 0.1) is 0 Å². The maximum absolute atomic E-state index is 6.65. The van der Waals surface area contributed by atoms with E-state index in [-0.39, 0.29) is 12.1 Å². The first-order chi connectivity index (χ1) is 14.2. The lowest BCUT2D eigenvalue weighted by molar-refractivity contribution is 0.252. The second-order valence-electron chi connectivity index (χ2n) is 7.03. The van der Waals surface area contributed by atoms with Gasteiger partial charge < -0.3 is 14.4 Å². The molecule has 0 bridgehead atoms. The quantitative estimate of drug-likeness (QED) is 0.578. The molecule has 0 saturated carbocycles. The van der Waals surface area contributed by atoms with Crippen molar-refractivity contribution in [2.45, 2.75) is 45.3 Å². The van der Waals surface area contributed by atoms with Crippen molar-refractivity contribution in [3.8, 4) is 11.5 Å². The largest absolute Gasteiger partial charge is 0.490 e. The summed E-state index contributed by atoms with van der Waals surface area (Å²) in [4.78, 5) is 12.1. The molecule has 0 amide bonds. The first kappa shape index (κ1) is 20.4. The maximum atomic E-state index is 6.65. The van der Waals surface area contributed by atoms with Gasteiger partial charge in [0.25, 0.3) is 0 Å². The summed E-state index contributed by atoms with van der Waals surface area (Å²) in [6.45, 7) is 7.23. The van der Waals surface area contributed by atoms with Crippen LogP contribution in [0.1, 0.15) is 50.5 Å². The van der Waals surface area contributed by atoms with E-state index in [2.05, 4.69) is 28.9 Å². The van der Waals surface area contributed by atoms with E-state index in [9.17, 15) is 0 Å². The van der Waals surface area contributed by atoms with Crippen LogP contribution in [-0.2, 0) is 0 Å². The van der Waals surface area contributed by atoms with E-state index >= 15 is 0 Å². The SMILES string of the molecule is CCOc1cc([C@@H]2[C@H](c3ccccn3)N=C3SC[C@@H](CC)N32)cc(Cl)c1OCC. The molecule has 1 aromatic heterocycles. The zero-order chi connectivity index (χ0) is 20.4. The van der Waals surface area contributed by atoms with Gasteiger partial charge in [-0.25, -0.2) is 0 Å². The van der Waals surface area contributed by atoms with Crippen LogP contribution in [0.2, 0.25) is 5.02 Å². The highest BCUT2D eigenvalue weighted by Crippen LogP contribution is 2.50. The summed E-state index contributed by atoms with van der Waals surface area (Å²) < 4.78 is 11.7. The van der Waals surface area contributed by atoms with Crippen LogP contribution in [0.15, 0.2) is 41.5 Å². The van der Waals surface area contributed by atoms with Crippen molar-refractivity contribution in [2.75, 3.05) is 19.0 Å². The number of nitrogens with zero attached hydrogens (tertiary/aromatic N) is 3. The molecule has 154 valence electrons. The molecule has 2 aliphatic rings. The molecule has 3 atom stereocenters. The number of thioether (sulfide) groups is 1. The van der Waals surface area contributed by atoms with Gasteiger partial charge in [0.15, 0.2) is 16.7 Å². The molecule has 3 heterocycles. The van der Waals surface area contributed by atoms with Crippen molar-refractivity contribution in [1.82, 2.24) is 9.88 Å². The van der Waals surface area contributed by atoms with Crippen molar-refractivity contribution < 1.29 is 9.47 Å². The van der Waals surface area contributed by atoms with Crippen LogP contribution in [0.5, 0.6) is 11.5 Å². The number of pyridine rings is 1.